The first kappa shape index (κ1) is 12.8. The molecule has 1 rings (SSSR count). The van der Waals surface area contributed by atoms with Gasteiger partial charge < -0.3 is 19.3 Å². The largest absolute Gasteiger partial charge is 0.459 e. The van der Waals surface area contributed by atoms with E-state index in [0.29, 0.717) is 19.6 Å². The van der Waals surface area contributed by atoms with Gasteiger partial charge in [0.2, 0.25) is 0 Å². The highest BCUT2D eigenvalue weighted by atomic mass is 32.2. The molecule has 0 aliphatic carbocycles. The van der Waals surface area contributed by atoms with Gasteiger partial charge in [0.05, 0.1) is 19.8 Å². The van der Waals surface area contributed by atoms with E-state index in [2.05, 4.69) is 0 Å². The molecule has 1 fully saturated rings. The minimum absolute atomic E-state index is 0.0213. The minimum atomic E-state index is -1.24. The molecule has 15 heavy (non-hydrogen) atoms. The number of ether oxygens (including phenoxy) is 3. The van der Waals surface area contributed by atoms with Crippen LogP contribution in [0.4, 0.5) is 0 Å². The van der Waals surface area contributed by atoms with Crippen LogP contribution in [0.3, 0.4) is 0 Å². The van der Waals surface area contributed by atoms with Gasteiger partial charge in [0.1, 0.15) is 6.61 Å². The van der Waals surface area contributed by atoms with Crippen molar-refractivity contribution < 1.29 is 24.1 Å². The lowest BCUT2D eigenvalue weighted by molar-refractivity contribution is -0.208. The van der Waals surface area contributed by atoms with Crippen molar-refractivity contribution in [3.63, 3.8) is 0 Å². The number of hydrogen-bond donors (Lipinski definition) is 1. The van der Waals surface area contributed by atoms with Crippen LogP contribution in [0.5, 0.6) is 0 Å². The fourth-order valence-corrected chi connectivity index (χ4v) is 1.78. The fraction of sp³-hybridized carbons (Fsp3) is 0.889. The van der Waals surface area contributed by atoms with E-state index in [4.69, 9.17) is 19.3 Å². The number of carbonyl (C=O) groups is 1. The molecule has 0 atom stereocenters. The van der Waals surface area contributed by atoms with Crippen molar-refractivity contribution in [3.8, 4) is 0 Å². The van der Waals surface area contributed by atoms with Crippen LogP contribution < -0.4 is 0 Å². The van der Waals surface area contributed by atoms with E-state index in [1.54, 1.807) is 11.8 Å². The number of aliphatic hydroxyl groups is 1. The Morgan fingerprint density at radius 1 is 1.53 bits per heavy atom. The fourth-order valence-electron chi connectivity index (χ4n) is 1.30. The molecule has 0 aromatic carbocycles. The molecule has 88 valence electrons. The molecule has 0 unspecified atom stereocenters. The number of esters is 1. The first-order chi connectivity index (χ1) is 7.25. The van der Waals surface area contributed by atoms with E-state index in [1.807, 2.05) is 6.26 Å². The molecule has 0 aromatic heterocycles. The maximum absolute atomic E-state index is 11.6. The van der Waals surface area contributed by atoms with Gasteiger partial charge in [-0.2, -0.15) is 11.8 Å². The molecule has 0 bridgehead atoms. The Bertz CT molecular complexity index is 203. The molecule has 1 N–H and O–H groups in total. The highest BCUT2D eigenvalue weighted by Crippen LogP contribution is 2.26. The Labute approximate surface area is 93.1 Å². The zero-order valence-corrected chi connectivity index (χ0v) is 9.55. The maximum atomic E-state index is 11.6. The second-order valence-electron chi connectivity index (χ2n) is 3.05. The Morgan fingerprint density at radius 3 is 2.73 bits per heavy atom. The summed E-state index contributed by atoms with van der Waals surface area (Å²) < 4.78 is 15.4. The molecule has 1 heterocycles. The van der Waals surface area contributed by atoms with Crippen LogP contribution >= 0.6 is 11.8 Å². The van der Waals surface area contributed by atoms with Crippen molar-refractivity contribution in [1.82, 2.24) is 0 Å². The van der Waals surface area contributed by atoms with Gasteiger partial charge in [-0.3, -0.25) is 0 Å². The summed E-state index contributed by atoms with van der Waals surface area (Å²) in [7, 11) is 0. The molecule has 0 aromatic rings. The second-order valence-corrected chi connectivity index (χ2v) is 4.04. The van der Waals surface area contributed by atoms with Crippen molar-refractivity contribution in [2.24, 2.45) is 0 Å². The van der Waals surface area contributed by atoms with Gasteiger partial charge in [-0.15, -0.1) is 0 Å². The smallest absolute Gasteiger partial charge is 0.366 e. The highest BCUT2D eigenvalue weighted by molar-refractivity contribution is 7.98. The van der Waals surface area contributed by atoms with Crippen molar-refractivity contribution >= 4 is 17.7 Å². The third kappa shape index (κ3) is 3.34. The first-order valence-electron chi connectivity index (χ1n) is 4.80. The molecule has 5 nitrogen and oxygen atoms in total. The topological polar surface area (TPSA) is 65.0 Å². The average Bonchev–Trinajstić information content (AvgIpc) is 2.73. The minimum Gasteiger partial charge on any atom is -0.459 e. The summed E-state index contributed by atoms with van der Waals surface area (Å²) in [6, 6.07) is 0. The van der Waals surface area contributed by atoms with Crippen LogP contribution in [0.1, 0.15) is 6.42 Å². The van der Waals surface area contributed by atoms with Crippen molar-refractivity contribution in [2.45, 2.75) is 12.2 Å². The van der Waals surface area contributed by atoms with Crippen LogP contribution in [-0.2, 0) is 19.0 Å². The standard InChI is InChI=1S/C9H16O5S/c1-15-7-2-9(13-5-6-14-9)8(11)12-4-3-10/h10H,2-7H2,1H3. The van der Waals surface area contributed by atoms with Crippen molar-refractivity contribution in [3.05, 3.63) is 0 Å². The summed E-state index contributed by atoms with van der Waals surface area (Å²) in [4.78, 5) is 11.6. The molecule has 0 amide bonds. The zero-order chi connectivity index (χ0) is 11.1. The Balaban J connectivity index is 2.51. The molecular formula is C9H16O5S. The summed E-state index contributed by atoms with van der Waals surface area (Å²) in [6.45, 7) is 0.599. The number of aliphatic hydroxyl groups excluding tert-OH is 1. The number of carbonyl (C=O) groups excluding carboxylic acids is 1. The third-order valence-electron chi connectivity index (χ3n) is 2.02. The summed E-state index contributed by atoms with van der Waals surface area (Å²) in [5.74, 6) is -1.02. The summed E-state index contributed by atoms with van der Waals surface area (Å²) >= 11 is 1.61. The van der Waals surface area contributed by atoms with Crippen LogP contribution in [0.25, 0.3) is 0 Å². The monoisotopic (exact) mass is 236 g/mol. The predicted octanol–water partition coefficient (Wildman–Crippen LogP) is 0.0181. The predicted molar refractivity (Wildman–Crippen MR) is 55.7 cm³/mol. The number of thioether (sulfide) groups is 1. The normalized spacial score (nSPS) is 19.1. The summed E-state index contributed by atoms with van der Waals surface area (Å²) in [5, 5.41) is 8.56. The lowest BCUT2D eigenvalue weighted by Gasteiger charge is -2.24. The third-order valence-corrected chi connectivity index (χ3v) is 2.64. The van der Waals surface area contributed by atoms with Gasteiger partial charge in [0.25, 0.3) is 5.79 Å². The van der Waals surface area contributed by atoms with Gasteiger partial charge in [-0.05, 0) is 12.0 Å². The second kappa shape index (κ2) is 6.32. The SMILES string of the molecule is CSCCC1(C(=O)OCCO)OCCO1. The quantitative estimate of drug-likeness (QED) is 0.656. The molecule has 6 heteroatoms. The van der Waals surface area contributed by atoms with Crippen molar-refractivity contribution in [2.75, 3.05) is 38.4 Å². The Kier molecular flexibility index (Phi) is 5.38. The number of rotatable bonds is 6. The van der Waals surface area contributed by atoms with Gasteiger partial charge in [0.15, 0.2) is 0 Å². The van der Waals surface area contributed by atoms with Gasteiger partial charge in [-0.25, -0.2) is 4.79 Å². The Morgan fingerprint density at radius 2 is 2.20 bits per heavy atom. The van der Waals surface area contributed by atoms with Gasteiger partial charge in [0, 0.05) is 6.42 Å². The lowest BCUT2D eigenvalue weighted by atomic mass is 10.2. The molecule has 0 radical (unpaired) electrons. The molecular weight excluding hydrogens is 220 g/mol. The van der Waals surface area contributed by atoms with Crippen molar-refractivity contribution in [1.29, 1.82) is 0 Å². The highest BCUT2D eigenvalue weighted by Gasteiger charge is 2.45. The van der Waals surface area contributed by atoms with Gasteiger partial charge >= 0.3 is 5.97 Å². The molecule has 1 aliphatic rings. The van der Waals surface area contributed by atoms with E-state index in [9.17, 15) is 4.79 Å². The van der Waals surface area contributed by atoms with Gasteiger partial charge in [-0.1, -0.05) is 0 Å². The average molecular weight is 236 g/mol. The van der Waals surface area contributed by atoms with Crippen LogP contribution in [0.2, 0.25) is 0 Å². The van der Waals surface area contributed by atoms with E-state index >= 15 is 0 Å². The zero-order valence-electron chi connectivity index (χ0n) is 8.73. The van der Waals surface area contributed by atoms with E-state index < -0.39 is 11.8 Å². The van der Waals surface area contributed by atoms with E-state index in [-0.39, 0.29) is 13.2 Å². The number of hydrogen-bond acceptors (Lipinski definition) is 6. The summed E-state index contributed by atoms with van der Waals surface area (Å²) in [6.07, 6.45) is 2.42. The molecule has 1 aliphatic heterocycles. The van der Waals surface area contributed by atoms with E-state index in [1.165, 1.54) is 0 Å². The Hall–Kier alpha value is -0.300. The van der Waals surface area contributed by atoms with E-state index in [0.717, 1.165) is 5.75 Å². The van der Waals surface area contributed by atoms with Crippen LogP contribution in [0.15, 0.2) is 0 Å². The first-order valence-corrected chi connectivity index (χ1v) is 6.19. The molecule has 0 spiro atoms. The molecule has 0 saturated carbocycles. The van der Waals surface area contributed by atoms with Crippen LogP contribution in [-0.4, -0.2) is 55.3 Å². The maximum Gasteiger partial charge on any atom is 0.366 e. The van der Waals surface area contributed by atoms with Crippen LogP contribution in [0, 0.1) is 0 Å². The lowest BCUT2D eigenvalue weighted by Crippen LogP contribution is -2.42. The molecule has 1 saturated heterocycles. The summed E-state index contributed by atoms with van der Waals surface area (Å²) in [5.41, 5.74) is 0.